The highest BCUT2D eigenvalue weighted by Gasteiger charge is 2.37. The quantitative estimate of drug-likeness (QED) is 0.868. The molecule has 1 fully saturated rings. The van der Waals surface area contributed by atoms with Gasteiger partial charge in [0.1, 0.15) is 5.75 Å². The number of β-amino-alcohol motifs (C(OH)–C–C–N with tert-alkyl or cyclic N) is 1. The molecule has 1 atom stereocenters. The number of aliphatic hydroxyl groups excluding tert-OH is 1. The number of rotatable bonds is 3. The molecule has 0 amide bonds. The van der Waals surface area contributed by atoms with E-state index in [1.54, 1.807) is 7.11 Å². The molecular formula is C14H21NO2. The van der Waals surface area contributed by atoms with E-state index < -0.39 is 0 Å². The summed E-state index contributed by atoms with van der Waals surface area (Å²) in [6.45, 7) is 6.83. The number of likely N-dealkylation sites (tertiary alicyclic amines) is 1. The molecule has 0 aliphatic carbocycles. The van der Waals surface area contributed by atoms with Crippen molar-refractivity contribution in [3.8, 4) is 5.75 Å². The number of aliphatic hydroxyl groups is 1. The first-order valence-electron chi connectivity index (χ1n) is 6.04. The minimum absolute atomic E-state index is 0.00642. The van der Waals surface area contributed by atoms with E-state index in [1.807, 2.05) is 12.1 Å². The van der Waals surface area contributed by atoms with Gasteiger partial charge in [-0.25, -0.2) is 0 Å². The maximum atomic E-state index is 9.93. The first-order chi connectivity index (χ1) is 8.01. The van der Waals surface area contributed by atoms with Crippen LogP contribution in [0.25, 0.3) is 0 Å². The second-order valence-corrected chi connectivity index (χ2v) is 5.52. The lowest BCUT2D eigenvalue weighted by Crippen LogP contribution is -2.26. The smallest absolute Gasteiger partial charge is 0.118 e. The topological polar surface area (TPSA) is 32.7 Å². The Labute approximate surface area is 103 Å². The van der Waals surface area contributed by atoms with Crippen LogP contribution in [-0.2, 0) is 6.54 Å². The zero-order valence-electron chi connectivity index (χ0n) is 10.8. The van der Waals surface area contributed by atoms with Gasteiger partial charge in [0.05, 0.1) is 13.2 Å². The molecule has 3 nitrogen and oxygen atoms in total. The van der Waals surface area contributed by atoms with Crippen molar-refractivity contribution in [3.05, 3.63) is 29.8 Å². The lowest BCUT2D eigenvalue weighted by Gasteiger charge is -2.21. The lowest BCUT2D eigenvalue weighted by atomic mass is 9.90. The fourth-order valence-corrected chi connectivity index (χ4v) is 2.35. The van der Waals surface area contributed by atoms with Gasteiger partial charge in [-0.2, -0.15) is 0 Å². The number of methoxy groups -OCH3 is 1. The molecule has 0 radical (unpaired) electrons. The summed E-state index contributed by atoms with van der Waals surface area (Å²) in [7, 11) is 1.67. The highest BCUT2D eigenvalue weighted by atomic mass is 16.5. The van der Waals surface area contributed by atoms with Crippen molar-refractivity contribution < 1.29 is 9.84 Å². The van der Waals surface area contributed by atoms with Crippen LogP contribution in [0.5, 0.6) is 5.75 Å². The summed E-state index contributed by atoms with van der Waals surface area (Å²) in [6, 6.07) is 8.12. The summed E-state index contributed by atoms with van der Waals surface area (Å²) >= 11 is 0. The van der Waals surface area contributed by atoms with Gasteiger partial charge in [0.15, 0.2) is 0 Å². The molecule has 1 unspecified atom stereocenters. The van der Waals surface area contributed by atoms with E-state index in [4.69, 9.17) is 4.74 Å². The molecule has 1 aromatic rings. The van der Waals surface area contributed by atoms with Crippen molar-refractivity contribution in [1.29, 1.82) is 0 Å². The summed E-state index contributed by atoms with van der Waals surface area (Å²) in [5.74, 6) is 0.885. The second kappa shape index (κ2) is 4.67. The lowest BCUT2D eigenvalue weighted by molar-refractivity contribution is 0.0954. The molecule has 0 bridgehead atoms. The maximum Gasteiger partial charge on any atom is 0.118 e. The predicted molar refractivity (Wildman–Crippen MR) is 68.1 cm³/mol. The number of ether oxygens (including phenoxy) is 1. The van der Waals surface area contributed by atoms with Gasteiger partial charge >= 0.3 is 0 Å². The number of hydrogen-bond donors (Lipinski definition) is 1. The van der Waals surface area contributed by atoms with Gasteiger partial charge in [-0.15, -0.1) is 0 Å². The van der Waals surface area contributed by atoms with Gasteiger partial charge in [0, 0.05) is 25.0 Å². The van der Waals surface area contributed by atoms with Gasteiger partial charge < -0.3 is 9.84 Å². The minimum Gasteiger partial charge on any atom is -0.497 e. The van der Waals surface area contributed by atoms with E-state index in [1.165, 1.54) is 5.56 Å². The van der Waals surface area contributed by atoms with E-state index >= 15 is 0 Å². The monoisotopic (exact) mass is 235 g/mol. The first-order valence-corrected chi connectivity index (χ1v) is 6.04. The Morgan fingerprint density at radius 2 is 2.00 bits per heavy atom. The van der Waals surface area contributed by atoms with Crippen molar-refractivity contribution in [3.63, 3.8) is 0 Å². The van der Waals surface area contributed by atoms with E-state index in [-0.39, 0.29) is 11.5 Å². The van der Waals surface area contributed by atoms with Gasteiger partial charge in [0.25, 0.3) is 0 Å². The standard InChI is InChI=1S/C14H21NO2/c1-14(2)10-15(9-13(14)16)8-11-4-6-12(17-3)7-5-11/h4-7,13,16H,8-10H2,1-3H3. The van der Waals surface area contributed by atoms with Gasteiger partial charge in [-0.1, -0.05) is 26.0 Å². The van der Waals surface area contributed by atoms with Gasteiger partial charge in [-0.3, -0.25) is 4.90 Å². The Bertz CT molecular complexity index is 372. The Kier molecular flexibility index (Phi) is 3.40. The Morgan fingerprint density at radius 1 is 1.35 bits per heavy atom. The van der Waals surface area contributed by atoms with Crippen molar-refractivity contribution in [2.75, 3.05) is 20.2 Å². The van der Waals surface area contributed by atoms with Gasteiger partial charge in [0.2, 0.25) is 0 Å². The molecule has 1 aromatic carbocycles. The van der Waals surface area contributed by atoms with E-state index in [9.17, 15) is 5.11 Å². The third kappa shape index (κ3) is 2.79. The van der Waals surface area contributed by atoms with Crippen LogP contribution in [0.2, 0.25) is 0 Å². The van der Waals surface area contributed by atoms with Crippen LogP contribution in [0.15, 0.2) is 24.3 Å². The van der Waals surface area contributed by atoms with E-state index in [0.717, 1.165) is 25.4 Å². The molecule has 1 aliphatic rings. The molecular weight excluding hydrogens is 214 g/mol. The molecule has 17 heavy (non-hydrogen) atoms. The summed E-state index contributed by atoms with van der Waals surface area (Å²) in [4.78, 5) is 2.30. The van der Waals surface area contributed by atoms with Gasteiger partial charge in [-0.05, 0) is 17.7 Å². The molecule has 94 valence electrons. The zero-order valence-corrected chi connectivity index (χ0v) is 10.8. The summed E-state index contributed by atoms with van der Waals surface area (Å²) in [6.07, 6.45) is -0.222. The summed E-state index contributed by atoms with van der Waals surface area (Å²) in [5, 5.41) is 9.93. The largest absolute Gasteiger partial charge is 0.497 e. The summed E-state index contributed by atoms with van der Waals surface area (Å²) < 4.78 is 5.14. The molecule has 3 heteroatoms. The average Bonchev–Trinajstić information content (AvgIpc) is 2.53. The Hall–Kier alpha value is -1.06. The maximum absolute atomic E-state index is 9.93. The van der Waals surface area contributed by atoms with Crippen molar-refractivity contribution >= 4 is 0 Å². The summed E-state index contributed by atoms with van der Waals surface area (Å²) in [5.41, 5.74) is 1.27. The highest BCUT2D eigenvalue weighted by Crippen LogP contribution is 2.30. The van der Waals surface area contributed by atoms with Crippen molar-refractivity contribution in [2.24, 2.45) is 5.41 Å². The molecule has 2 rings (SSSR count). The molecule has 0 spiro atoms. The first kappa shape index (κ1) is 12.4. The zero-order chi connectivity index (χ0) is 12.5. The normalized spacial score (nSPS) is 23.9. The Balaban J connectivity index is 1.98. The Morgan fingerprint density at radius 3 is 2.47 bits per heavy atom. The third-order valence-electron chi connectivity index (χ3n) is 3.53. The van der Waals surface area contributed by atoms with Crippen molar-refractivity contribution in [1.82, 2.24) is 4.90 Å². The van der Waals surface area contributed by atoms with Crippen LogP contribution in [0.3, 0.4) is 0 Å². The second-order valence-electron chi connectivity index (χ2n) is 5.52. The molecule has 1 N–H and O–H groups in total. The SMILES string of the molecule is COc1ccc(CN2CC(O)C(C)(C)C2)cc1. The molecule has 1 heterocycles. The van der Waals surface area contributed by atoms with Crippen LogP contribution in [-0.4, -0.2) is 36.3 Å². The number of benzene rings is 1. The third-order valence-corrected chi connectivity index (χ3v) is 3.53. The predicted octanol–water partition coefficient (Wildman–Crippen LogP) is 1.90. The van der Waals surface area contributed by atoms with Crippen LogP contribution in [0.4, 0.5) is 0 Å². The van der Waals surface area contributed by atoms with Crippen LogP contribution >= 0.6 is 0 Å². The molecule has 1 aliphatic heterocycles. The van der Waals surface area contributed by atoms with Crippen LogP contribution < -0.4 is 4.74 Å². The molecule has 0 aromatic heterocycles. The molecule has 1 saturated heterocycles. The molecule has 0 saturated carbocycles. The van der Waals surface area contributed by atoms with E-state index in [0.29, 0.717) is 0 Å². The highest BCUT2D eigenvalue weighted by molar-refractivity contribution is 5.27. The number of hydrogen-bond acceptors (Lipinski definition) is 3. The number of nitrogens with zero attached hydrogens (tertiary/aromatic N) is 1. The van der Waals surface area contributed by atoms with Crippen molar-refractivity contribution in [2.45, 2.75) is 26.5 Å². The minimum atomic E-state index is -0.222. The average molecular weight is 235 g/mol. The fraction of sp³-hybridized carbons (Fsp3) is 0.571. The van der Waals surface area contributed by atoms with Crippen LogP contribution in [0, 0.1) is 5.41 Å². The van der Waals surface area contributed by atoms with E-state index in [2.05, 4.69) is 30.9 Å². The van der Waals surface area contributed by atoms with Crippen LogP contribution in [0.1, 0.15) is 19.4 Å². The fourth-order valence-electron chi connectivity index (χ4n) is 2.35.